The normalized spacial score (nSPS) is 8.67. The molecule has 0 spiro atoms. The van der Waals surface area contributed by atoms with Crippen LogP contribution in [0.2, 0.25) is 0 Å². The predicted molar refractivity (Wildman–Crippen MR) is 28.4 cm³/mol. The van der Waals surface area contributed by atoms with Crippen LogP contribution in [0.3, 0.4) is 0 Å². The maximum absolute atomic E-state index is 2.14. The van der Waals surface area contributed by atoms with E-state index in [1.165, 1.54) is 0 Å². The molecule has 0 saturated heterocycles. The van der Waals surface area contributed by atoms with Gasteiger partial charge in [0.25, 0.3) is 0 Å². The van der Waals surface area contributed by atoms with Gasteiger partial charge in [-0.05, 0) is 24.5 Å². The van der Waals surface area contributed by atoms with Crippen molar-refractivity contribution in [1.29, 1.82) is 0 Å². The fourth-order valence-electron chi connectivity index (χ4n) is 0.421. The second-order valence-corrected chi connectivity index (χ2v) is 2.38. The SMILES string of the molecule is [AlH2][n]1cccc1. The van der Waals surface area contributed by atoms with Crippen molar-refractivity contribution < 1.29 is 0 Å². The smallest absolute Gasteiger partial charge is 0.368 e. The highest BCUT2D eigenvalue weighted by Crippen LogP contribution is 1.79. The molecule has 1 aromatic rings. The van der Waals surface area contributed by atoms with E-state index in [0.29, 0.717) is 0 Å². The molecule has 1 nitrogen and oxygen atoms in total. The lowest BCUT2D eigenvalue weighted by Gasteiger charge is -1.79. The zero-order valence-electron chi connectivity index (χ0n) is 3.76. The van der Waals surface area contributed by atoms with Gasteiger partial charge < -0.3 is 3.55 Å². The van der Waals surface area contributed by atoms with Crippen molar-refractivity contribution >= 4 is 16.5 Å². The van der Waals surface area contributed by atoms with Crippen LogP contribution < -0.4 is 0 Å². The van der Waals surface area contributed by atoms with Crippen LogP contribution >= 0.6 is 0 Å². The Labute approximate surface area is 45.2 Å². The third-order valence-electron chi connectivity index (χ3n) is 0.754. The van der Waals surface area contributed by atoms with Gasteiger partial charge in [0.1, 0.15) is 0 Å². The highest BCUT2D eigenvalue weighted by atomic mass is 27.1. The number of rotatable bonds is 0. The Hall–Kier alpha value is -0.188. The molecular weight excluding hydrogens is 89.0 g/mol. The summed E-state index contributed by atoms with van der Waals surface area (Å²) in [6.07, 6.45) is 4.12. The van der Waals surface area contributed by atoms with Gasteiger partial charge in [0.15, 0.2) is 0 Å². The monoisotopic (exact) mass is 95.0 g/mol. The van der Waals surface area contributed by atoms with E-state index in [4.69, 9.17) is 0 Å². The average molecular weight is 95.1 g/mol. The molecule has 0 aliphatic heterocycles. The van der Waals surface area contributed by atoms with Gasteiger partial charge in [-0.15, -0.1) is 0 Å². The molecule has 0 amide bonds. The van der Waals surface area contributed by atoms with Crippen LogP contribution in [0.25, 0.3) is 0 Å². The molecule has 0 aliphatic carbocycles. The van der Waals surface area contributed by atoms with Gasteiger partial charge >= 0.3 is 16.5 Å². The Bertz CT molecular complexity index is 111. The van der Waals surface area contributed by atoms with E-state index in [0.717, 1.165) is 16.5 Å². The summed E-state index contributed by atoms with van der Waals surface area (Å²) in [6, 6.07) is 4.07. The van der Waals surface area contributed by atoms with E-state index in [2.05, 4.69) is 15.9 Å². The molecule has 0 N–H and O–H groups in total. The van der Waals surface area contributed by atoms with Crippen LogP contribution in [-0.4, -0.2) is 20.1 Å². The summed E-state index contributed by atoms with van der Waals surface area (Å²) in [5.74, 6) is 0. The first kappa shape index (κ1) is 3.98. The highest BCUT2D eigenvalue weighted by Gasteiger charge is 1.68. The molecule has 0 atom stereocenters. The minimum absolute atomic E-state index is 1.11. The standard InChI is InChI=1S/C4H4N.Al.2H/c1-2-4-5-3-1;;;/h1-4H;;;/q-1;+1;;. The summed E-state index contributed by atoms with van der Waals surface area (Å²) in [4.78, 5) is 0. The van der Waals surface area contributed by atoms with Crippen molar-refractivity contribution in [2.45, 2.75) is 0 Å². The van der Waals surface area contributed by atoms with Gasteiger partial charge in [0.05, 0.1) is 0 Å². The van der Waals surface area contributed by atoms with Gasteiger partial charge in [0, 0.05) is 0 Å². The molecule has 0 radical (unpaired) electrons. The quantitative estimate of drug-likeness (QED) is 0.396. The summed E-state index contributed by atoms with van der Waals surface area (Å²) in [5.41, 5.74) is 0. The molecule has 2 heteroatoms. The summed E-state index contributed by atoms with van der Waals surface area (Å²) in [5, 5.41) is 0. The number of hydrogen-bond acceptors (Lipinski definition) is 0. The first-order chi connectivity index (χ1) is 2.89. The molecule has 0 aliphatic rings. The number of nitrogens with zero attached hydrogens (tertiary/aromatic N) is 1. The van der Waals surface area contributed by atoms with E-state index in [-0.39, 0.29) is 0 Å². The minimum atomic E-state index is 1.11. The van der Waals surface area contributed by atoms with Crippen molar-refractivity contribution in [2.24, 2.45) is 0 Å². The summed E-state index contributed by atoms with van der Waals surface area (Å²) >= 11 is 1.11. The van der Waals surface area contributed by atoms with Crippen LogP contribution in [0, 0.1) is 0 Å². The van der Waals surface area contributed by atoms with Crippen LogP contribution in [-0.2, 0) is 0 Å². The number of hydrogen-bond donors (Lipinski definition) is 0. The Balaban J connectivity index is 3.05. The van der Waals surface area contributed by atoms with Crippen LogP contribution in [0.15, 0.2) is 24.5 Å². The summed E-state index contributed by atoms with van der Waals surface area (Å²) in [7, 11) is 0. The Morgan fingerprint density at radius 2 is 1.67 bits per heavy atom. The molecule has 0 aromatic carbocycles. The van der Waals surface area contributed by atoms with Crippen molar-refractivity contribution in [2.75, 3.05) is 0 Å². The molecule has 0 saturated carbocycles. The van der Waals surface area contributed by atoms with Crippen LogP contribution in [0.4, 0.5) is 0 Å². The van der Waals surface area contributed by atoms with Gasteiger partial charge in [-0.25, -0.2) is 0 Å². The third kappa shape index (κ3) is 0.650. The fourth-order valence-corrected chi connectivity index (χ4v) is 0.765. The molecule has 0 unspecified atom stereocenters. The molecule has 6 heavy (non-hydrogen) atoms. The van der Waals surface area contributed by atoms with Crippen LogP contribution in [0.1, 0.15) is 0 Å². The maximum atomic E-state index is 2.14. The topological polar surface area (TPSA) is 4.93 Å². The van der Waals surface area contributed by atoms with E-state index in [1.54, 1.807) is 0 Å². The highest BCUT2D eigenvalue weighted by molar-refractivity contribution is 6.06. The molecular formula is C4H6AlN. The van der Waals surface area contributed by atoms with E-state index in [9.17, 15) is 0 Å². The lowest BCUT2D eigenvalue weighted by molar-refractivity contribution is 1.26. The molecule has 0 bridgehead atoms. The Morgan fingerprint density at radius 3 is 1.83 bits per heavy atom. The molecule has 1 rings (SSSR count). The second kappa shape index (κ2) is 1.51. The Morgan fingerprint density at radius 1 is 1.17 bits per heavy atom. The average Bonchev–Trinajstić information content (AvgIpc) is 1.86. The first-order valence-electron chi connectivity index (χ1n) is 1.96. The number of aromatic nitrogens is 1. The van der Waals surface area contributed by atoms with Crippen LogP contribution in [0.5, 0.6) is 0 Å². The lowest BCUT2D eigenvalue weighted by atomic mass is 10.7. The molecule has 1 aromatic heterocycles. The van der Waals surface area contributed by atoms with Crippen molar-refractivity contribution in [3.63, 3.8) is 0 Å². The first-order valence-corrected chi connectivity index (χ1v) is 2.86. The van der Waals surface area contributed by atoms with Gasteiger partial charge in [-0.2, -0.15) is 0 Å². The van der Waals surface area contributed by atoms with Gasteiger partial charge in [0.2, 0.25) is 0 Å². The largest absolute Gasteiger partial charge is 0.452 e. The van der Waals surface area contributed by atoms with Gasteiger partial charge in [-0.1, -0.05) is 0 Å². The van der Waals surface area contributed by atoms with Crippen molar-refractivity contribution in [3.8, 4) is 0 Å². The minimum Gasteiger partial charge on any atom is -0.452 e. The lowest BCUT2D eigenvalue weighted by Crippen LogP contribution is -1.80. The summed E-state index contributed by atoms with van der Waals surface area (Å²) < 4.78 is 2.14. The second-order valence-electron chi connectivity index (χ2n) is 1.35. The predicted octanol–water partition coefficient (Wildman–Crippen LogP) is -0.116. The van der Waals surface area contributed by atoms with E-state index in [1.807, 2.05) is 12.1 Å². The zero-order chi connectivity index (χ0) is 4.41. The third-order valence-corrected chi connectivity index (χ3v) is 1.35. The summed E-state index contributed by atoms with van der Waals surface area (Å²) in [6.45, 7) is 0. The van der Waals surface area contributed by atoms with Crippen molar-refractivity contribution in [3.05, 3.63) is 24.5 Å². The van der Waals surface area contributed by atoms with E-state index >= 15 is 0 Å². The zero-order valence-corrected chi connectivity index (χ0v) is 5.76. The Kier molecular flexibility index (Phi) is 1.00. The molecule has 30 valence electrons. The molecule has 1 heterocycles. The molecule has 0 fully saturated rings. The van der Waals surface area contributed by atoms with Gasteiger partial charge in [-0.3, -0.25) is 0 Å². The van der Waals surface area contributed by atoms with E-state index < -0.39 is 0 Å². The van der Waals surface area contributed by atoms with Crippen molar-refractivity contribution in [1.82, 2.24) is 3.55 Å². The maximum Gasteiger partial charge on any atom is 0.368 e. The fraction of sp³-hybridized carbons (Fsp3) is 0.